The van der Waals surface area contributed by atoms with Crippen molar-refractivity contribution in [3.8, 4) is 0 Å². The van der Waals surface area contributed by atoms with Gasteiger partial charge in [-0.15, -0.1) is 0 Å². The summed E-state index contributed by atoms with van der Waals surface area (Å²) in [7, 11) is -4.71. The summed E-state index contributed by atoms with van der Waals surface area (Å²) in [6, 6.07) is 0. The maximum atomic E-state index is 12.6. The van der Waals surface area contributed by atoms with Crippen LogP contribution in [-0.2, 0) is 32.7 Å². The van der Waals surface area contributed by atoms with Gasteiger partial charge < -0.3 is 29.7 Å². The first kappa shape index (κ1) is 58.1. The molecular formula is C50H77O11P. The van der Waals surface area contributed by atoms with Crippen molar-refractivity contribution in [2.24, 2.45) is 0 Å². The zero-order valence-corrected chi connectivity index (χ0v) is 38.3. The normalized spacial score (nSPS) is 15.5. The van der Waals surface area contributed by atoms with E-state index >= 15 is 0 Å². The molecule has 0 spiro atoms. The van der Waals surface area contributed by atoms with Crippen molar-refractivity contribution >= 4 is 19.8 Å². The molecule has 0 fully saturated rings. The molecule has 0 saturated heterocycles. The molecule has 0 aliphatic rings. The zero-order chi connectivity index (χ0) is 45.6. The van der Waals surface area contributed by atoms with Crippen LogP contribution in [0.4, 0.5) is 0 Å². The minimum Gasteiger partial charge on any atom is -0.462 e. The van der Waals surface area contributed by atoms with Gasteiger partial charge in [-0.25, -0.2) is 4.57 Å². The second-order valence-corrected chi connectivity index (χ2v) is 15.6. The number of phosphoric ester groups is 1. The highest BCUT2D eigenvalue weighted by atomic mass is 31.2. The second kappa shape index (κ2) is 43.7. The molecule has 0 heterocycles. The van der Waals surface area contributed by atoms with Gasteiger partial charge in [0.2, 0.25) is 0 Å². The third kappa shape index (κ3) is 42.7. The molecule has 348 valence electrons. The molecule has 0 aliphatic carbocycles. The number of carbonyl (C=O) groups is 2. The highest BCUT2D eigenvalue weighted by molar-refractivity contribution is 7.47. The third-order valence-corrected chi connectivity index (χ3v) is 9.37. The van der Waals surface area contributed by atoms with Crippen molar-refractivity contribution in [1.29, 1.82) is 0 Å². The first-order chi connectivity index (χ1) is 30.1. The predicted octanol–water partition coefficient (Wildman–Crippen LogP) is 11.1. The standard InChI is InChI=1S/C50H77O11P/c1-3-5-7-9-11-13-15-17-19-21-22-23-25-27-29-31-33-35-37-39-50(55)61-48(45-60-62(56,57)59-43-47(53)42-51)44-58-49(54)41-40-46(52)38-36-34-32-30-28-26-24-20-18-16-14-12-10-8-6-4-2/h6,8,11-14,17-20,22-23,26-29,32-36,38,46-48,51-53H,3-5,7,9-10,15-16,21,24-25,30-31,37,39-45H2,1-2H3,(H,56,57)/b8-6-,13-11-,14-12-,19-17-,20-18-,23-22-,28-26-,29-27-,34-32-,35-33-,38-36-/t46?,47-,48+/m0/s1. The molecule has 0 aromatic carbocycles. The van der Waals surface area contributed by atoms with Crippen LogP contribution in [0.5, 0.6) is 0 Å². The minimum atomic E-state index is -4.71. The summed E-state index contributed by atoms with van der Waals surface area (Å²) in [5.74, 6) is -1.32. The molecule has 62 heavy (non-hydrogen) atoms. The molecule has 0 aliphatic heterocycles. The van der Waals surface area contributed by atoms with Crippen LogP contribution >= 0.6 is 7.82 Å². The van der Waals surface area contributed by atoms with Crippen LogP contribution in [0.25, 0.3) is 0 Å². The molecule has 11 nitrogen and oxygen atoms in total. The van der Waals surface area contributed by atoms with Crippen molar-refractivity contribution < 1.29 is 52.9 Å². The fourth-order valence-corrected chi connectivity index (χ4v) is 5.76. The second-order valence-electron chi connectivity index (χ2n) is 14.2. The van der Waals surface area contributed by atoms with E-state index in [4.69, 9.17) is 19.1 Å². The van der Waals surface area contributed by atoms with Gasteiger partial charge in [0.15, 0.2) is 6.10 Å². The van der Waals surface area contributed by atoms with Crippen LogP contribution in [0.15, 0.2) is 134 Å². The first-order valence-electron chi connectivity index (χ1n) is 22.3. The molecule has 0 aromatic rings. The summed E-state index contributed by atoms with van der Waals surface area (Å²) in [4.78, 5) is 35.0. The Balaban J connectivity index is 4.66. The van der Waals surface area contributed by atoms with Crippen LogP contribution in [0, 0.1) is 0 Å². The number of unbranched alkanes of at least 4 members (excludes halogenated alkanes) is 3. The molecule has 0 rings (SSSR count). The van der Waals surface area contributed by atoms with Crippen molar-refractivity contribution in [3.05, 3.63) is 134 Å². The Labute approximate surface area is 373 Å². The molecule has 0 radical (unpaired) electrons. The Morgan fingerprint density at radius 3 is 1.56 bits per heavy atom. The smallest absolute Gasteiger partial charge is 0.462 e. The average molecular weight is 885 g/mol. The monoisotopic (exact) mass is 885 g/mol. The number of carbonyl (C=O) groups excluding carboxylic acids is 2. The summed E-state index contributed by atoms with van der Waals surface area (Å²) in [6.45, 7) is 1.85. The number of esters is 2. The summed E-state index contributed by atoms with van der Waals surface area (Å²) >= 11 is 0. The molecular weight excluding hydrogens is 808 g/mol. The summed E-state index contributed by atoms with van der Waals surface area (Å²) in [5, 5.41) is 28.6. The number of aliphatic hydroxyl groups is 3. The van der Waals surface area contributed by atoms with E-state index in [2.05, 4.69) is 110 Å². The van der Waals surface area contributed by atoms with Crippen LogP contribution in [0.3, 0.4) is 0 Å². The number of ether oxygens (including phenoxy) is 2. The zero-order valence-electron chi connectivity index (χ0n) is 37.4. The molecule has 2 unspecified atom stereocenters. The summed E-state index contributed by atoms with van der Waals surface area (Å²) < 4.78 is 32.4. The first-order valence-corrected chi connectivity index (χ1v) is 23.7. The minimum absolute atomic E-state index is 0.00194. The molecule has 0 saturated carbocycles. The molecule has 4 N–H and O–H groups in total. The highest BCUT2D eigenvalue weighted by Crippen LogP contribution is 2.43. The number of hydrogen-bond acceptors (Lipinski definition) is 10. The van der Waals surface area contributed by atoms with Crippen molar-refractivity contribution in [3.63, 3.8) is 0 Å². The molecule has 0 bridgehead atoms. The number of hydrogen-bond donors (Lipinski definition) is 4. The van der Waals surface area contributed by atoms with E-state index in [0.29, 0.717) is 12.8 Å². The van der Waals surface area contributed by atoms with Gasteiger partial charge in [-0.3, -0.25) is 18.6 Å². The van der Waals surface area contributed by atoms with Crippen LogP contribution in [0.1, 0.15) is 123 Å². The van der Waals surface area contributed by atoms with Gasteiger partial charge in [-0.2, -0.15) is 0 Å². The number of aliphatic hydroxyl groups excluding tert-OH is 3. The quantitative estimate of drug-likeness (QED) is 0.0152. The number of rotatable bonds is 39. The predicted molar refractivity (Wildman–Crippen MR) is 252 cm³/mol. The lowest BCUT2D eigenvalue weighted by Crippen LogP contribution is -2.30. The fraction of sp³-hybridized carbons (Fsp3) is 0.520. The molecule has 0 aromatic heterocycles. The maximum Gasteiger partial charge on any atom is 0.472 e. The molecule has 0 amide bonds. The van der Waals surface area contributed by atoms with Crippen LogP contribution in [0.2, 0.25) is 0 Å². The topological polar surface area (TPSA) is 169 Å². The number of phosphoric acid groups is 1. The fourth-order valence-electron chi connectivity index (χ4n) is 4.97. The third-order valence-electron chi connectivity index (χ3n) is 8.42. The lowest BCUT2D eigenvalue weighted by molar-refractivity contribution is -0.161. The molecule has 4 atom stereocenters. The van der Waals surface area contributed by atoms with Gasteiger partial charge in [0.1, 0.15) is 12.7 Å². The lowest BCUT2D eigenvalue weighted by Gasteiger charge is -2.20. The Kier molecular flexibility index (Phi) is 40.9. The van der Waals surface area contributed by atoms with Gasteiger partial charge in [-0.1, -0.05) is 160 Å². The van der Waals surface area contributed by atoms with E-state index in [1.165, 1.54) is 19.3 Å². The highest BCUT2D eigenvalue weighted by Gasteiger charge is 2.27. The SMILES string of the molecule is CC/C=C\C/C=C\C/C=C\C/C=C\C/C=C\C=C/C(O)CCC(=O)OC[C@H](COP(=O)(O)OC[C@@H](O)CO)OC(=O)CC/C=C\C/C=C\C/C=C\C/C=C\C/C=C\CCCCC. The van der Waals surface area contributed by atoms with Crippen molar-refractivity contribution in [1.82, 2.24) is 0 Å². The van der Waals surface area contributed by atoms with E-state index in [0.717, 1.165) is 57.8 Å². The lowest BCUT2D eigenvalue weighted by atomic mass is 10.2. The Morgan fingerprint density at radius 1 is 0.565 bits per heavy atom. The summed E-state index contributed by atoms with van der Waals surface area (Å²) in [5.41, 5.74) is 0. The van der Waals surface area contributed by atoms with Gasteiger partial charge in [0.25, 0.3) is 0 Å². The Morgan fingerprint density at radius 2 is 1.05 bits per heavy atom. The summed E-state index contributed by atoms with van der Waals surface area (Å²) in [6.07, 6.45) is 54.7. The Bertz CT molecular complexity index is 1500. The largest absolute Gasteiger partial charge is 0.472 e. The van der Waals surface area contributed by atoms with Crippen LogP contribution < -0.4 is 0 Å². The van der Waals surface area contributed by atoms with Crippen molar-refractivity contribution in [2.45, 2.75) is 141 Å². The average Bonchev–Trinajstić information content (AvgIpc) is 3.26. The van der Waals surface area contributed by atoms with E-state index < -0.39 is 64.5 Å². The van der Waals surface area contributed by atoms with Gasteiger partial charge in [-0.05, 0) is 83.5 Å². The van der Waals surface area contributed by atoms with E-state index in [1.54, 1.807) is 12.2 Å². The number of allylic oxidation sites excluding steroid dienone is 21. The Hall–Kier alpha value is -3.93. The van der Waals surface area contributed by atoms with Crippen molar-refractivity contribution in [2.75, 3.05) is 26.4 Å². The molecule has 12 heteroatoms. The van der Waals surface area contributed by atoms with E-state index in [1.807, 2.05) is 30.4 Å². The van der Waals surface area contributed by atoms with E-state index in [-0.39, 0.29) is 19.3 Å². The van der Waals surface area contributed by atoms with Gasteiger partial charge in [0.05, 0.1) is 25.9 Å². The maximum absolute atomic E-state index is 12.6. The van der Waals surface area contributed by atoms with Gasteiger partial charge in [0, 0.05) is 12.8 Å². The van der Waals surface area contributed by atoms with Crippen LogP contribution in [-0.4, -0.2) is 76.9 Å². The van der Waals surface area contributed by atoms with Gasteiger partial charge >= 0.3 is 19.8 Å². The van der Waals surface area contributed by atoms with E-state index in [9.17, 15) is 29.3 Å².